The number of fused-ring (bicyclic) bond motifs is 1. The van der Waals surface area contributed by atoms with Crippen LogP contribution in [0.1, 0.15) is 15.2 Å². The van der Waals surface area contributed by atoms with Crippen molar-refractivity contribution >= 4 is 54.5 Å². The van der Waals surface area contributed by atoms with Crippen molar-refractivity contribution in [2.45, 2.75) is 11.8 Å². The third-order valence-electron chi connectivity index (χ3n) is 4.34. The van der Waals surface area contributed by atoms with Gasteiger partial charge in [0.1, 0.15) is 5.01 Å². The molecule has 4 aromatic rings. The minimum atomic E-state index is -3.60. The van der Waals surface area contributed by atoms with Gasteiger partial charge in [0.25, 0.3) is 5.91 Å². The van der Waals surface area contributed by atoms with Crippen LogP contribution in [0, 0.1) is 6.92 Å². The van der Waals surface area contributed by atoms with Crippen LogP contribution in [0.25, 0.3) is 20.1 Å². The number of benzene rings is 2. The zero-order valence-electron chi connectivity index (χ0n) is 15.6. The van der Waals surface area contributed by atoms with Crippen LogP contribution in [-0.2, 0) is 10.0 Å². The number of nitrogens with one attached hydrogen (secondary N) is 2. The van der Waals surface area contributed by atoms with Crippen molar-refractivity contribution in [3.63, 3.8) is 0 Å². The lowest BCUT2D eigenvalue weighted by atomic mass is 10.2. The predicted octanol–water partition coefficient (Wildman–Crippen LogP) is 4.49. The van der Waals surface area contributed by atoms with Gasteiger partial charge in [-0.05, 0) is 55.9 Å². The van der Waals surface area contributed by atoms with Crippen LogP contribution in [0.15, 0.2) is 59.5 Å². The van der Waals surface area contributed by atoms with E-state index in [4.69, 9.17) is 0 Å². The average Bonchev–Trinajstić information content (AvgIpc) is 3.36. The molecule has 0 spiro atoms. The highest BCUT2D eigenvalue weighted by molar-refractivity contribution is 7.89. The SMILES string of the molecule is CNS(=O)(=O)c1cc(NC(=O)c2ccc(-c3nc4ccccc4s3)s2)ccc1C. The summed E-state index contributed by atoms with van der Waals surface area (Å²) in [5.41, 5.74) is 1.96. The Bertz CT molecular complexity index is 1290. The molecule has 29 heavy (non-hydrogen) atoms. The molecule has 2 heterocycles. The maximum Gasteiger partial charge on any atom is 0.265 e. The summed E-state index contributed by atoms with van der Waals surface area (Å²) in [5.74, 6) is -0.293. The summed E-state index contributed by atoms with van der Waals surface area (Å²) in [7, 11) is -2.25. The average molecular weight is 444 g/mol. The number of aromatic nitrogens is 1. The van der Waals surface area contributed by atoms with Gasteiger partial charge in [-0.15, -0.1) is 22.7 Å². The number of nitrogens with zero attached hydrogens (tertiary/aromatic N) is 1. The molecule has 0 unspecified atom stereocenters. The number of anilines is 1. The van der Waals surface area contributed by atoms with E-state index in [1.54, 1.807) is 36.5 Å². The number of carbonyl (C=O) groups is 1. The molecular formula is C20H17N3O3S3. The molecule has 0 fully saturated rings. The molecule has 9 heteroatoms. The molecule has 2 aromatic heterocycles. The smallest absolute Gasteiger partial charge is 0.265 e. The van der Waals surface area contributed by atoms with Crippen LogP contribution in [0.3, 0.4) is 0 Å². The van der Waals surface area contributed by atoms with E-state index in [1.165, 1.54) is 24.5 Å². The second kappa shape index (κ2) is 7.68. The molecule has 1 amide bonds. The van der Waals surface area contributed by atoms with Gasteiger partial charge in [0.15, 0.2) is 0 Å². The third-order valence-corrected chi connectivity index (χ3v) is 8.18. The number of aryl methyl sites for hydroxylation is 1. The van der Waals surface area contributed by atoms with E-state index in [-0.39, 0.29) is 10.8 Å². The van der Waals surface area contributed by atoms with Crippen molar-refractivity contribution in [2.75, 3.05) is 12.4 Å². The molecule has 2 aromatic carbocycles. The fourth-order valence-corrected chi connectivity index (χ4v) is 5.74. The third kappa shape index (κ3) is 3.95. The number of sulfonamides is 1. The first-order valence-electron chi connectivity index (χ1n) is 8.69. The molecule has 0 aliphatic heterocycles. The van der Waals surface area contributed by atoms with Gasteiger partial charge in [0.05, 0.1) is 24.9 Å². The molecule has 2 N–H and O–H groups in total. The van der Waals surface area contributed by atoms with Crippen LogP contribution < -0.4 is 10.0 Å². The van der Waals surface area contributed by atoms with Gasteiger partial charge in [-0.1, -0.05) is 18.2 Å². The molecule has 0 saturated carbocycles. The second-order valence-corrected chi connectivity index (χ2v) is 10.3. The van der Waals surface area contributed by atoms with Gasteiger partial charge in [-0.2, -0.15) is 0 Å². The quantitative estimate of drug-likeness (QED) is 0.476. The van der Waals surface area contributed by atoms with E-state index in [0.29, 0.717) is 16.1 Å². The van der Waals surface area contributed by atoms with Gasteiger partial charge in [0.2, 0.25) is 10.0 Å². The Balaban J connectivity index is 1.58. The van der Waals surface area contributed by atoms with E-state index in [1.807, 2.05) is 30.3 Å². The highest BCUT2D eigenvalue weighted by atomic mass is 32.2. The Morgan fingerprint density at radius 1 is 1.03 bits per heavy atom. The van der Waals surface area contributed by atoms with Crippen molar-refractivity contribution in [2.24, 2.45) is 0 Å². The maximum atomic E-state index is 12.7. The summed E-state index contributed by atoms with van der Waals surface area (Å²) >= 11 is 2.93. The lowest BCUT2D eigenvalue weighted by molar-refractivity contribution is 0.103. The van der Waals surface area contributed by atoms with Crippen molar-refractivity contribution in [1.82, 2.24) is 9.71 Å². The Labute approximate surface area is 176 Å². The monoisotopic (exact) mass is 443 g/mol. The Morgan fingerprint density at radius 3 is 2.59 bits per heavy atom. The van der Waals surface area contributed by atoms with Crippen LogP contribution in [-0.4, -0.2) is 26.4 Å². The Kier molecular flexibility index (Phi) is 5.22. The molecule has 148 valence electrons. The zero-order chi connectivity index (χ0) is 20.6. The number of amides is 1. The number of para-hydroxylation sites is 1. The minimum Gasteiger partial charge on any atom is -0.321 e. The summed E-state index contributed by atoms with van der Waals surface area (Å²) in [6.07, 6.45) is 0. The van der Waals surface area contributed by atoms with Crippen molar-refractivity contribution in [1.29, 1.82) is 0 Å². The number of thiazole rings is 1. The molecule has 4 rings (SSSR count). The van der Waals surface area contributed by atoms with Gasteiger partial charge in [0, 0.05) is 5.69 Å². The standard InChI is InChI=1S/C20H17N3O3S3/c1-12-7-8-13(11-18(12)29(25,26)21-2)22-19(24)16-9-10-17(27-16)20-23-14-5-3-4-6-15(14)28-20/h3-11,21H,1-2H3,(H,22,24). The van der Waals surface area contributed by atoms with Gasteiger partial charge >= 0.3 is 0 Å². The molecule has 0 aliphatic carbocycles. The molecular weight excluding hydrogens is 426 g/mol. The maximum absolute atomic E-state index is 12.7. The van der Waals surface area contributed by atoms with Crippen LogP contribution >= 0.6 is 22.7 Å². The second-order valence-electron chi connectivity index (χ2n) is 6.29. The van der Waals surface area contributed by atoms with Crippen LogP contribution in [0.5, 0.6) is 0 Å². The summed E-state index contributed by atoms with van der Waals surface area (Å²) in [4.78, 5) is 18.9. The lowest BCUT2D eigenvalue weighted by Gasteiger charge is -2.10. The largest absolute Gasteiger partial charge is 0.321 e. The van der Waals surface area contributed by atoms with Crippen molar-refractivity contribution < 1.29 is 13.2 Å². The van der Waals surface area contributed by atoms with Crippen molar-refractivity contribution in [3.05, 3.63) is 65.0 Å². The fraction of sp³-hybridized carbons (Fsp3) is 0.100. The number of carbonyl (C=O) groups excluding carboxylic acids is 1. The van der Waals surface area contributed by atoms with Crippen LogP contribution in [0.4, 0.5) is 5.69 Å². The van der Waals surface area contributed by atoms with Gasteiger partial charge in [-0.25, -0.2) is 18.1 Å². The van der Waals surface area contributed by atoms with E-state index in [0.717, 1.165) is 20.1 Å². The minimum absolute atomic E-state index is 0.138. The van der Waals surface area contributed by atoms with Crippen molar-refractivity contribution in [3.8, 4) is 9.88 Å². The topological polar surface area (TPSA) is 88.2 Å². The first-order valence-corrected chi connectivity index (χ1v) is 11.8. The van der Waals surface area contributed by atoms with Gasteiger partial charge < -0.3 is 5.32 Å². The highest BCUT2D eigenvalue weighted by Crippen LogP contribution is 2.34. The normalized spacial score (nSPS) is 11.7. The molecule has 0 saturated heterocycles. The summed E-state index contributed by atoms with van der Waals surface area (Å²) in [6.45, 7) is 1.71. The van der Waals surface area contributed by atoms with E-state index in [2.05, 4.69) is 15.0 Å². The Hall–Kier alpha value is -2.59. The fourth-order valence-electron chi connectivity index (χ4n) is 2.82. The predicted molar refractivity (Wildman–Crippen MR) is 118 cm³/mol. The first kappa shape index (κ1) is 19.7. The molecule has 0 radical (unpaired) electrons. The van der Waals surface area contributed by atoms with Crippen LogP contribution in [0.2, 0.25) is 0 Å². The molecule has 0 aliphatic rings. The number of hydrogen-bond acceptors (Lipinski definition) is 6. The lowest BCUT2D eigenvalue weighted by Crippen LogP contribution is -2.20. The summed E-state index contributed by atoms with van der Waals surface area (Å²) < 4.78 is 27.7. The molecule has 6 nitrogen and oxygen atoms in total. The molecule has 0 bridgehead atoms. The highest BCUT2D eigenvalue weighted by Gasteiger charge is 2.17. The van der Waals surface area contributed by atoms with E-state index < -0.39 is 10.0 Å². The van der Waals surface area contributed by atoms with E-state index in [9.17, 15) is 13.2 Å². The number of rotatable bonds is 5. The van der Waals surface area contributed by atoms with E-state index >= 15 is 0 Å². The summed E-state index contributed by atoms with van der Waals surface area (Å²) in [5, 5.41) is 3.64. The number of hydrogen-bond donors (Lipinski definition) is 2. The number of thiophene rings is 1. The zero-order valence-corrected chi connectivity index (χ0v) is 18.0. The molecule has 0 atom stereocenters. The first-order chi connectivity index (χ1) is 13.9. The summed E-state index contributed by atoms with van der Waals surface area (Å²) in [6, 6.07) is 16.3. The Morgan fingerprint density at radius 2 is 1.83 bits per heavy atom. The van der Waals surface area contributed by atoms with Gasteiger partial charge in [-0.3, -0.25) is 4.79 Å².